The standard InChI is InChI=1S/C19H26N4OS.HI/c1-3-4-10-21-18(24)17-7-5-15(6-8-17)12-22-19(20-2)23-13-16-9-11-25-14-16;/h5-9,11,14H,3-4,10,12-13H2,1-2H3,(H,21,24)(H2,20,22,23);1H. The first-order valence-corrected chi connectivity index (χ1v) is 9.50. The maximum atomic E-state index is 12.0. The molecule has 0 aliphatic heterocycles. The number of benzene rings is 1. The molecule has 2 aromatic rings. The summed E-state index contributed by atoms with van der Waals surface area (Å²) in [6.07, 6.45) is 2.08. The van der Waals surface area contributed by atoms with Crippen LogP contribution in [-0.4, -0.2) is 25.5 Å². The summed E-state index contributed by atoms with van der Waals surface area (Å²) in [5.41, 5.74) is 3.04. The Hall–Kier alpha value is -1.61. The van der Waals surface area contributed by atoms with E-state index in [4.69, 9.17) is 0 Å². The number of guanidine groups is 1. The fourth-order valence-electron chi connectivity index (χ4n) is 2.24. The number of aliphatic imine (C=N–C) groups is 1. The number of halogens is 1. The van der Waals surface area contributed by atoms with Gasteiger partial charge in [-0.15, -0.1) is 24.0 Å². The van der Waals surface area contributed by atoms with Crippen LogP contribution in [0.2, 0.25) is 0 Å². The Morgan fingerprint density at radius 2 is 1.73 bits per heavy atom. The van der Waals surface area contributed by atoms with Gasteiger partial charge in [0.15, 0.2) is 5.96 Å². The van der Waals surface area contributed by atoms with Gasteiger partial charge in [0.05, 0.1) is 0 Å². The van der Waals surface area contributed by atoms with E-state index < -0.39 is 0 Å². The van der Waals surface area contributed by atoms with E-state index in [9.17, 15) is 4.79 Å². The van der Waals surface area contributed by atoms with Crippen LogP contribution in [0.4, 0.5) is 0 Å². The van der Waals surface area contributed by atoms with Gasteiger partial charge in [0.2, 0.25) is 0 Å². The molecule has 7 heteroatoms. The second kappa shape index (κ2) is 12.7. The largest absolute Gasteiger partial charge is 0.352 e. The Labute approximate surface area is 176 Å². The first-order chi connectivity index (χ1) is 12.2. The van der Waals surface area contributed by atoms with Crippen LogP contribution < -0.4 is 16.0 Å². The van der Waals surface area contributed by atoms with Crippen molar-refractivity contribution in [2.24, 2.45) is 4.99 Å². The SMILES string of the molecule is CCCCNC(=O)c1ccc(CNC(=NC)NCc2ccsc2)cc1.I. The lowest BCUT2D eigenvalue weighted by atomic mass is 10.1. The molecule has 2 rings (SSSR count). The molecule has 142 valence electrons. The number of nitrogens with zero attached hydrogens (tertiary/aromatic N) is 1. The van der Waals surface area contributed by atoms with Gasteiger partial charge in [-0.05, 0) is 46.5 Å². The smallest absolute Gasteiger partial charge is 0.251 e. The van der Waals surface area contributed by atoms with Gasteiger partial charge in [-0.25, -0.2) is 0 Å². The Balaban J connectivity index is 0.00000338. The van der Waals surface area contributed by atoms with E-state index in [2.05, 4.69) is 44.7 Å². The number of hydrogen-bond acceptors (Lipinski definition) is 3. The first kappa shape index (κ1) is 22.4. The molecule has 0 saturated heterocycles. The molecule has 3 N–H and O–H groups in total. The highest BCUT2D eigenvalue weighted by molar-refractivity contribution is 14.0. The molecule has 0 saturated carbocycles. The molecule has 26 heavy (non-hydrogen) atoms. The average Bonchev–Trinajstić information content (AvgIpc) is 3.16. The van der Waals surface area contributed by atoms with Crippen LogP contribution >= 0.6 is 35.3 Å². The average molecular weight is 486 g/mol. The van der Waals surface area contributed by atoms with E-state index in [1.54, 1.807) is 18.4 Å². The molecule has 0 bridgehead atoms. The topological polar surface area (TPSA) is 65.5 Å². The molecule has 0 aliphatic rings. The number of hydrogen-bond donors (Lipinski definition) is 3. The zero-order chi connectivity index (χ0) is 17.9. The van der Waals surface area contributed by atoms with Crippen molar-refractivity contribution >= 4 is 47.2 Å². The lowest BCUT2D eigenvalue weighted by Gasteiger charge is -2.12. The van der Waals surface area contributed by atoms with Crippen LogP contribution in [0.3, 0.4) is 0 Å². The molecule has 0 spiro atoms. The van der Waals surface area contributed by atoms with E-state index in [1.165, 1.54) is 5.56 Å². The van der Waals surface area contributed by atoms with Crippen LogP contribution in [0.25, 0.3) is 0 Å². The van der Waals surface area contributed by atoms with Crippen molar-refractivity contribution in [3.8, 4) is 0 Å². The van der Waals surface area contributed by atoms with Gasteiger partial charge in [0.25, 0.3) is 5.91 Å². The summed E-state index contributed by atoms with van der Waals surface area (Å²) >= 11 is 1.69. The van der Waals surface area contributed by atoms with Crippen molar-refractivity contribution in [1.82, 2.24) is 16.0 Å². The van der Waals surface area contributed by atoms with Crippen molar-refractivity contribution in [1.29, 1.82) is 0 Å². The number of carbonyl (C=O) groups excluding carboxylic acids is 1. The summed E-state index contributed by atoms with van der Waals surface area (Å²) in [6.45, 7) is 4.24. The Bertz CT molecular complexity index is 671. The van der Waals surface area contributed by atoms with Gasteiger partial charge < -0.3 is 16.0 Å². The third-order valence-electron chi connectivity index (χ3n) is 3.76. The maximum Gasteiger partial charge on any atom is 0.251 e. The van der Waals surface area contributed by atoms with Crippen molar-refractivity contribution in [2.45, 2.75) is 32.9 Å². The fourth-order valence-corrected chi connectivity index (χ4v) is 2.91. The molecule has 0 radical (unpaired) electrons. The predicted molar refractivity (Wildman–Crippen MR) is 120 cm³/mol. The van der Waals surface area contributed by atoms with Gasteiger partial charge in [0, 0.05) is 32.2 Å². The second-order valence-electron chi connectivity index (χ2n) is 5.72. The highest BCUT2D eigenvalue weighted by Crippen LogP contribution is 2.06. The number of rotatable bonds is 8. The number of unbranched alkanes of at least 4 members (excludes halogenated alkanes) is 1. The van der Waals surface area contributed by atoms with Crippen LogP contribution in [0.15, 0.2) is 46.1 Å². The summed E-state index contributed by atoms with van der Waals surface area (Å²) < 4.78 is 0. The molecule has 1 amide bonds. The van der Waals surface area contributed by atoms with Crippen molar-refractivity contribution in [2.75, 3.05) is 13.6 Å². The highest BCUT2D eigenvalue weighted by Gasteiger charge is 2.05. The van der Waals surface area contributed by atoms with Crippen LogP contribution in [-0.2, 0) is 13.1 Å². The molecular weight excluding hydrogens is 459 g/mol. The van der Waals surface area contributed by atoms with Crippen molar-refractivity contribution in [3.05, 3.63) is 57.8 Å². The molecule has 1 aromatic carbocycles. The van der Waals surface area contributed by atoms with Crippen molar-refractivity contribution < 1.29 is 4.79 Å². The Morgan fingerprint density at radius 3 is 2.31 bits per heavy atom. The summed E-state index contributed by atoms with van der Waals surface area (Å²) in [7, 11) is 1.76. The molecule has 0 atom stereocenters. The number of thiophene rings is 1. The fraction of sp³-hybridized carbons (Fsp3) is 0.368. The van der Waals surface area contributed by atoms with Gasteiger partial charge >= 0.3 is 0 Å². The second-order valence-corrected chi connectivity index (χ2v) is 6.50. The zero-order valence-electron chi connectivity index (χ0n) is 15.2. The molecule has 0 fully saturated rings. The monoisotopic (exact) mass is 486 g/mol. The van der Waals surface area contributed by atoms with Crippen molar-refractivity contribution in [3.63, 3.8) is 0 Å². The van der Waals surface area contributed by atoms with Gasteiger partial charge in [-0.1, -0.05) is 25.5 Å². The van der Waals surface area contributed by atoms with Crippen LogP contribution in [0.5, 0.6) is 0 Å². The van der Waals surface area contributed by atoms with Gasteiger partial charge in [-0.2, -0.15) is 11.3 Å². The minimum absolute atomic E-state index is 0. The Morgan fingerprint density at radius 1 is 1.04 bits per heavy atom. The normalized spacial score (nSPS) is 10.8. The molecule has 0 aliphatic carbocycles. The zero-order valence-corrected chi connectivity index (χ0v) is 18.4. The summed E-state index contributed by atoms with van der Waals surface area (Å²) in [6, 6.07) is 9.75. The first-order valence-electron chi connectivity index (χ1n) is 8.55. The number of amides is 1. The number of carbonyl (C=O) groups is 1. The molecule has 1 heterocycles. The summed E-state index contributed by atoms with van der Waals surface area (Å²) in [4.78, 5) is 16.2. The number of nitrogens with one attached hydrogen (secondary N) is 3. The van der Waals surface area contributed by atoms with E-state index in [0.717, 1.165) is 37.5 Å². The lowest BCUT2D eigenvalue weighted by Crippen LogP contribution is -2.36. The lowest BCUT2D eigenvalue weighted by molar-refractivity contribution is 0.0953. The van der Waals surface area contributed by atoms with Gasteiger partial charge in [0.1, 0.15) is 0 Å². The highest BCUT2D eigenvalue weighted by atomic mass is 127. The minimum atomic E-state index is -0.0128. The van der Waals surface area contributed by atoms with Gasteiger partial charge in [-0.3, -0.25) is 9.79 Å². The maximum absolute atomic E-state index is 12.0. The predicted octanol–water partition coefficient (Wildman–Crippen LogP) is 3.76. The molecule has 1 aromatic heterocycles. The van der Waals surface area contributed by atoms with Crippen LogP contribution in [0.1, 0.15) is 41.3 Å². The third kappa shape index (κ3) is 7.74. The third-order valence-corrected chi connectivity index (χ3v) is 4.49. The van der Waals surface area contributed by atoms with E-state index in [0.29, 0.717) is 12.1 Å². The van der Waals surface area contributed by atoms with E-state index in [1.807, 2.05) is 24.3 Å². The molecule has 0 unspecified atom stereocenters. The van der Waals surface area contributed by atoms with E-state index in [-0.39, 0.29) is 29.9 Å². The molecule has 5 nitrogen and oxygen atoms in total. The van der Waals surface area contributed by atoms with E-state index >= 15 is 0 Å². The summed E-state index contributed by atoms with van der Waals surface area (Å²) in [5.74, 6) is 0.744. The quantitative estimate of drug-likeness (QED) is 0.231. The molecular formula is C19H27IN4OS. The van der Waals surface area contributed by atoms with Crippen LogP contribution in [0, 0.1) is 0 Å². The Kier molecular flexibility index (Phi) is 11.0. The summed E-state index contributed by atoms with van der Waals surface area (Å²) in [5, 5.41) is 13.7. The minimum Gasteiger partial charge on any atom is -0.352 e.